The average Bonchev–Trinajstić information content (AvgIpc) is 3.08. The van der Waals surface area contributed by atoms with Crippen LogP contribution in [-0.2, 0) is 5.60 Å². The first-order valence-corrected chi connectivity index (χ1v) is 8.27. The van der Waals surface area contributed by atoms with Gasteiger partial charge in [-0.1, -0.05) is 67.6 Å². The van der Waals surface area contributed by atoms with E-state index in [0.29, 0.717) is 0 Å². The summed E-state index contributed by atoms with van der Waals surface area (Å²) in [5.41, 5.74) is 1.02. The van der Waals surface area contributed by atoms with Crippen molar-refractivity contribution in [3.05, 3.63) is 71.8 Å². The van der Waals surface area contributed by atoms with Crippen LogP contribution in [-0.4, -0.2) is 29.6 Å². The summed E-state index contributed by atoms with van der Waals surface area (Å²) in [6, 6.07) is 20.2. The van der Waals surface area contributed by atoms with Gasteiger partial charge in [-0.3, -0.25) is 0 Å². The average molecular weight is 332 g/mol. The van der Waals surface area contributed by atoms with Crippen molar-refractivity contribution in [3.63, 3.8) is 0 Å². The molecule has 1 saturated heterocycles. The molecule has 0 aromatic heterocycles. The summed E-state index contributed by atoms with van der Waals surface area (Å²) in [4.78, 5) is 2.47. The molecule has 1 N–H and O–H groups in total. The smallest absolute Gasteiger partial charge is 0.118 e. The van der Waals surface area contributed by atoms with Crippen LogP contribution in [0.25, 0.3) is 0 Å². The van der Waals surface area contributed by atoms with E-state index in [2.05, 4.69) is 11.8 Å². The Labute approximate surface area is 145 Å². The number of nitrogens with zero attached hydrogens (tertiary/aromatic N) is 1. The maximum atomic E-state index is 11.7. The summed E-state index contributed by atoms with van der Waals surface area (Å²) in [5.74, 6) is 0.135. The second-order valence-corrected chi connectivity index (χ2v) is 6.41. The van der Waals surface area contributed by atoms with E-state index >= 15 is 0 Å². The Bertz CT molecular complexity index is 542. The standard InChI is InChI=1S/C20H25NO.ClH/c1-17(16-21-14-8-9-15-21)20(22,18-10-4-2-5-11-18)19-12-6-3-7-13-19;/h2-7,10-13,17,22H,8-9,14-16H2,1H3;1H/t17-;/m0./s1. The molecule has 0 spiro atoms. The van der Waals surface area contributed by atoms with Crippen LogP contribution in [0.3, 0.4) is 0 Å². The van der Waals surface area contributed by atoms with Crippen molar-refractivity contribution in [2.45, 2.75) is 25.4 Å². The largest absolute Gasteiger partial charge is 0.380 e. The summed E-state index contributed by atoms with van der Waals surface area (Å²) >= 11 is 0. The lowest BCUT2D eigenvalue weighted by atomic mass is 9.76. The van der Waals surface area contributed by atoms with Gasteiger partial charge in [0.05, 0.1) is 0 Å². The third-order valence-electron chi connectivity index (χ3n) is 4.87. The van der Waals surface area contributed by atoms with E-state index in [1.54, 1.807) is 0 Å². The van der Waals surface area contributed by atoms with Crippen molar-refractivity contribution >= 4 is 12.4 Å². The predicted octanol–water partition coefficient (Wildman–Crippen LogP) is 4.08. The van der Waals surface area contributed by atoms with Gasteiger partial charge in [0.15, 0.2) is 0 Å². The Kier molecular flexibility index (Phi) is 6.23. The van der Waals surface area contributed by atoms with Crippen LogP contribution in [0.5, 0.6) is 0 Å². The first kappa shape index (κ1) is 18.0. The summed E-state index contributed by atoms with van der Waals surface area (Å²) in [6.07, 6.45) is 2.56. The van der Waals surface area contributed by atoms with Crippen molar-refractivity contribution in [2.24, 2.45) is 5.92 Å². The van der Waals surface area contributed by atoms with Gasteiger partial charge >= 0.3 is 0 Å². The molecule has 0 radical (unpaired) electrons. The van der Waals surface area contributed by atoms with Crippen molar-refractivity contribution in [1.29, 1.82) is 0 Å². The zero-order valence-corrected chi connectivity index (χ0v) is 14.5. The third kappa shape index (κ3) is 3.77. The highest BCUT2D eigenvalue weighted by atomic mass is 35.5. The van der Waals surface area contributed by atoms with Crippen LogP contribution in [0, 0.1) is 5.92 Å². The Morgan fingerprint density at radius 3 is 1.78 bits per heavy atom. The maximum Gasteiger partial charge on any atom is 0.118 e. The Hall–Kier alpha value is -1.35. The van der Waals surface area contributed by atoms with Crippen LogP contribution >= 0.6 is 12.4 Å². The molecule has 0 bridgehead atoms. The topological polar surface area (TPSA) is 23.5 Å². The lowest BCUT2D eigenvalue weighted by molar-refractivity contribution is 0.0104. The van der Waals surface area contributed by atoms with Gasteiger partial charge in [0.25, 0.3) is 0 Å². The molecule has 1 fully saturated rings. The predicted molar refractivity (Wildman–Crippen MR) is 98.0 cm³/mol. The van der Waals surface area contributed by atoms with Crippen molar-refractivity contribution in [3.8, 4) is 0 Å². The zero-order chi connectivity index (χ0) is 15.4. The molecule has 2 nitrogen and oxygen atoms in total. The Morgan fingerprint density at radius 1 is 0.913 bits per heavy atom. The zero-order valence-electron chi connectivity index (χ0n) is 13.7. The maximum absolute atomic E-state index is 11.7. The summed E-state index contributed by atoms with van der Waals surface area (Å²) < 4.78 is 0. The lowest BCUT2D eigenvalue weighted by Crippen LogP contribution is -2.41. The minimum absolute atomic E-state index is 0. The molecule has 124 valence electrons. The highest BCUT2D eigenvalue weighted by Crippen LogP contribution is 2.37. The van der Waals surface area contributed by atoms with Gasteiger partial charge in [0, 0.05) is 12.5 Å². The van der Waals surface area contributed by atoms with Crippen LogP contribution in [0.1, 0.15) is 30.9 Å². The van der Waals surface area contributed by atoms with Gasteiger partial charge in [-0.15, -0.1) is 12.4 Å². The van der Waals surface area contributed by atoms with Crippen LogP contribution in [0.15, 0.2) is 60.7 Å². The number of hydrogen-bond donors (Lipinski definition) is 1. The minimum atomic E-state index is -0.939. The molecule has 0 amide bonds. The second-order valence-electron chi connectivity index (χ2n) is 6.41. The molecule has 1 aliphatic heterocycles. The molecule has 3 rings (SSSR count). The fourth-order valence-electron chi connectivity index (χ4n) is 3.60. The number of halogens is 1. The van der Waals surface area contributed by atoms with Crippen LogP contribution in [0.2, 0.25) is 0 Å². The Morgan fingerprint density at radius 2 is 1.35 bits per heavy atom. The Balaban J connectivity index is 0.00000192. The van der Waals surface area contributed by atoms with Gasteiger partial charge in [-0.25, -0.2) is 0 Å². The number of aliphatic hydroxyl groups is 1. The van der Waals surface area contributed by atoms with E-state index in [4.69, 9.17) is 0 Å². The monoisotopic (exact) mass is 331 g/mol. The van der Waals surface area contributed by atoms with Crippen molar-refractivity contribution < 1.29 is 5.11 Å². The van der Waals surface area contributed by atoms with Crippen molar-refractivity contribution in [1.82, 2.24) is 4.90 Å². The number of hydrogen-bond acceptors (Lipinski definition) is 2. The molecule has 2 aromatic carbocycles. The quantitative estimate of drug-likeness (QED) is 0.892. The first-order valence-electron chi connectivity index (χ1n) is 8.27. The number of likely N-dealkylation sites (tertiary alicyclic amines) is 1. The summed E-state index contributed by atoms with van der Waals surface area (Å²) in [6.45, 7) is 5.41. The van der Waals surface area contributed by atoms with Gasteiger partial charge in [0.2, 0.25) is 0 Å². The van der Waals surface area contributed by atoms with Gasteiger partial charge in [-0.05, 0) is 37.1 Å². The molecule has 0 unspecified atom stereocenters. The molecule has 0 aliphatic carbocycles. The SMILES string of the molecule is C[C@@H](CN1CCCC1)C(O)(c1ccccc1)c1ccccc1.Cl. The van der Waals surface area contributed by atoms with Crippen LogP contribution < -0.4 is 0 Å². The van der Waals surface area contributed by atoms with E-state index in [-0.39, 0.29) is 18.3 Å². The van der Waals surface area contributed by atoms with E-state index in [9.17, 15) is 5.11 Å². The van der Waals surface area contributed by atoms with Gasteiger partial charge in [0.1, 0.15) is 5.60 Å². The van der Waals surface area contributed by atoms with Gasteiger partial charge in [-0.2, -0.15) is 0 Å². The van der Waals surface area contributed by atoms with Crippen molar-refractivity contribution in [2.75, 3.05) is 19.6 Å². The van der Waals surface area contributed by atoms with E-state index in [1.807, 2.05) is 60.7 Å². The molecule has 23 heavy (non-hydrogen) atoms. The first-order chi connectivity index (χ1) is 10.7. The van der Waals surface area contributed by atoms with Gasteiger partial charge < -0.3 is 10.0 Å². The fourth-order valence-corrected chi connectivity index (χ4v) is 3.60. The second kappa shape index (κ2) is 7.96. The molecule has 3 heteroatoms. The fraction of sp³-hybridized carbons (Fsp3) is 0.400. The molecule has 1 atom stereocenters. The molecule has 2 aromatic rings. The number of benzene rings is 2. The molecule has 0 saturated carbocycles. The number of rotatable bonds is 5. The summed E-state index contributed by atoms with van der Waals surface area (Å²) in [7, 11) is 0. The van der Waals surface area contributed by atoms with E-state index in [0.717, 1.165) is 30.8 Å². The minimum Gasteiger partial charge on any atom is -0.380 e. The highest BCUT2D eigenvalue weighted by molar-refractivity contribution is 5.85. The van der Waals surface area contributed by atoms with E-state index < -0.39 is 5.60 Å². The van der Waals surface area contributed by atoms with Crippen LogP contribution in [0.4, 0.5) is 0 Å². The lowest BCUT2D eigenvalue weighted by Gasteiger charge is -2.37. The normalized spacial score (nSPS) is 16.8. The molecule has 1 aliphatic rings. The molecular formula is C20H26ClNO. The summed E-state index contributed by atoms with van der Waals surface area (Å²) in [5, 5.41) is 11.7. The molecular weight excluding hydrogens is 306 g/mol. The highest BCUT2D eigenvalue weighted by Gasteiger charge is 2.38. The molecule has 1 heterocycles. The van der Waals surface area contributed by atoms with E-state index in [1.165, 1.54) is 12.8 Å². The third-order valence-corrected chi connectivity index (χ3v) is 4.87.